The molecule has 1 aromatic carbocycles. The number of thiophene rings is 1. The Labute approximate surface area is 182 Å². The number of hydrogen-bond acceptors (Lipinski definition) is 7. The fourth-order valence-corrected chi connectivity index (χ4v) is 4.97. The van der Waals surface area contributed by atoms with Crippen molar-refractivity contribution in [2.24, 2.45) is 0 Å². The van der Waals surface area contributed by atoms with Gasteiger partial charge in [0.1, 0.15) is 5.69 Å². The zero-order valence-corrected chi connectivity index (χ0v) is 17.9. The molecule has 1 fully saturated rings. The summed E-state index contributed by atoms with van der Waals surface area (Å²) in [5, 5.41) is 15.7. The number of amides is 1. The lowest BCUT2D eigenvalue weighted by Crippen LogP contribution is -2.49. The molecule has 0 aliphatic carbocycles. The largest absolute Gasteiger partial charge is 0.368 e. The van der Waals surface area contributed by atoms with Crippen molar-refractivity contribution < 1.29 is 4.79 Å². The van der Waals surface area contributed by atoms with E-state index in [9.17, 15) is 4.79 Å². The molecule has 30 heavy (non-hydrogen) atoms. The summed E-state index contributed by atoms with van der Waals surface area (Å²) in [6, 6.07) is 18.2. The van der Waals surface area contributed by atoms with Crippen LogP contribution in [0, 0.1) is 0 Å². The van der Waals surface area contributed by atoms with Crippen LogP contribution in [0.25, 0.3) is 16.2 Å². The number of fused-ring (bicyclic) bond motifs is 1. The Morgan fingerprint density at radius 1 is 0.967 bits per heavy atom. The van der Waals surface area contributed by atoms with Crippen LogP contribution >= 0.6 is 23.1 Å². The maximum absolute atomic E-state index is 12.7. The van der Waals surface area contributed by atoms with Crippen LogP contribution in [0.3, 0.4) is 0 Å². The summed E-state index contributed by atoms with van der Waals surface area (Å²) < 4.78 is 1.72. The van der Waals surface area contributed by atoms with Crippen LogP contribution in [0.15, 0.2) is 65.1 Å². The minimum Gasteiger partial charge on any atom is -0.368 e. The number of thioether (sulfide) groups is 1. The van der Waals surface area contributed by atoms with Crippen LogP contribution in [0.5, 0.6) is 0 Å². The van der Waals surface area contributed by atoms with Crippen molar-refractivity contribution in [2.75, 3.05) is 36.8 Å². The zero-order chi connectivity index (χ0) is 20.3. The second-order valence-electron chi connectivity index (χ2n) is 6.94. The molecule has 0 N–H and O–H groups in total. The third-order valence-corrected chi connectivity index (χ3v) is 6.88. The molecule has 1 saturated heterocycles. The minimum atomic E-state index is 0.124. The Kier molecular flexibility index (Phi) is 5.37. The molecular weight excluding hydrogens is 416 g/mol. The van der Waals surface area contributed by atoms with Crippen LogP contribution in [0.4, 0.5) is 5.69 Å². The summed E-state index contributed by atoms with van der Waals surface area (Å²) in [7, 11) is 0. The van der Waals surface area contributed by atoms with Crippen molar-refractivity contribution in [3.8, 4) is 10.6 Å². The highest BCUT2D eigenvalue weighted by atomic mass is 32.2. The summed E-state index contributed by atoms with van der Waals surface area (Å²) in [6.07, 6.45) is 0. The first-order valence-corrected chi connectivity index (χ1v) is 11.6. The number of carbonyl (C=O) groups excluding carboxylic acids is 1. The van der Waals surface area contributed by atoms with Gasteiger partial charge in [0.05, 0.1) is 10.6 Å². The molecule has 152 valence electrons. The van der Waals surface area contributed by atoms with Gasteiger partial charge in [-0.05, 0) is 35.7 Å². The Morgan fingerprint density at radius 2 is 1.80 bits per heavy atom. The second kappa shape index (κ2) is 8.45. The van der Waals surface area contributed by atoms with E-state index >= 15 is 0 Å². The lowest BCUT2D eigenvalue weighted by Gasteiger charge is -2.36. The third kappa shape index (κ3) is 3.90. The number of hydrogen-bond donors (Lipinski definition) is 0. The molecule has 1 aliphatic heterocycles. The van der Waals surface area contributed by atoms with Gasteiger partial charge in [-0.25, -0.2) is 0 Å². The first kappa shape index (κ1) is 19.1. The predicted molar refractivity (Wildman–Crippen MR) is 120 cm³/mol. The number of nitrogens with zero attached hydrogens (tertiary/aromatic N) is 6. The van der Waals surface area contributed by atoms with E-state index in [4.69, 9.17) is 0 Å². The fourth-order valence-electron chi connectivity index (χ4n) is 3.49. The Hall–Kier alpha value is -2.91. The van der Waals surface area contributed by atoms with Gasteiger partial charge >= 0.3 is 0 Å². The fraction of sp³-hybridized carbons (Fsp3) is 0.238. The SMILES string of the molecule is O=C(CSc1nnc2ccc(-c3cccs3)nn12)N1CCN(c2ccccc2)CC1. The van der Waals surface area contributed by atoms with Crippen LogP contribution < -0.4 is 4.90 Å². The summed E-state index contributed by atoms with van der Waals surface area (Å²) in [5.74, 6) is 0.454. The monoisotopic (exact) mass is 436 g/mol. The molecule has 9 heteroatoms. The van der Waals surface area contributed by atoms with Crippen LogP contribution in [0.2, 0.25) is 0 Å². The first-order chi connectivity index (χ1) is 14.8. The van der Waals surface area contributed by atoms with E-state index in [0.29, 0.717) is 16.6 Å². The van der Waals surface area contributed by atoms with Crippen molar-refractivity contribution in [1.82, 2.24) is 24.7 Å². The van der Waals surface area contributed by atoms with E-state index in [1.165, 1.54) is 17.4 Å². The first-order valence-electron chi connectivity index (χ1n) is 9.75. The van der Waals surface area contributed by atoms with E-state index < -0.39 is 0 Å². The second-order valence-corrected chi connectivity index (χ2v) is 8.83. The van der Waals surface area contributed by atoms with Crippen molar-refractivity contribution in [1.29, 1.82) is 0 Å². The van der Waals surface area contributed by atoms with Gasteiger partial charge in [0.25, 0.3) is 0 Å². The normalized spacial score (nSPS) is 14.4. The summed E-state index contributed by atoms with van der Waals surface area (Å²) >= 11 is 3.03. The van der Waals surface area contributed by atoms with Crippen molar-refractivity contribution in [2.45, 2.75) is 5.16 Å². The number of para-hydroxylation sites is 1. The molecule has 5 rings (SSSR count). The molecule has 0 bridgehead atoms. The van der Waals surface area contributed by atoms with Crippen LogP contribution in [0.1, 0.15) is 0 Å². The number of piperazine rings is 1. The minimum absolute atomic E-state index is 0.124. The zero-order valence-electron chi connectivity index (χ0n) is 16.2. The summed E-state index contributed by atoms with van der Waals surface area (Å²) in [5.41, 5.74) is 2.77. The van der Waals surface area contributed by atoms with Crippen molar-refractivity contribution in [3.63, 3.8) is 0 Å². The van der Waals surface area contributed by atoms with Gasteiger partial charge in [-0.3, -0.25) is 4.79 Å². The summed E-state index contributed by atoms with van der Waals surface area (Å²) in [4.78, 5) is 18.1. The maximum atomic E-state index is 12.7. The van der Waals surface area contributed by atoms with E-state index in [1.54, 1.807) is 15.9 Å². The standard InChI is InChI=1S/C21H20N6OS2/c28-20(26-12-10-25(11-13-26)16-5-2-1-3-6-16)15-30-21-23-22-19-9-8-17(24-27(19)21)18-7-4-14-29-18/h1-9,14H,10-13,15H2. The molecule has 1 aliphatic rings. The smallest absolute Gasteiger partial charge is 0.233 e. The van der Waals surface area contributed by atoms with Gasteiger partial charge in [-0.2, -0.15) is 9.61 Å². The third-order valence-electron chi connectivity index (χ3n) is 5.09. The number of aromatic nitrogens is 4. The van der Waals surface area contributed by atoms with Gasteiger partial charge in [0, 0.05) is 31.9 Å². The molecule has 3 aromatic heterocycles. The lowest BCUT2D eigenvalue weighted by molar-refractivity contribution is -0.128. The molecular formula is C21H20N6OS2. The average Bonchev–Trinajstić information content (AvgIpc) is 3.48. The molecule has 7 nitrogen and oxygen atoms in total. The van der Waals surface area contributed by atoms with Gasteiger partial charge in [-0.15, -0.1) is 21.5 Å². The Morgan fingerprint density at radius 3 is 2.57 bits per heavy atom. The molecule has 0 atom stereocenters. The van der Waals surface area contributed by atoms with E-state index in [-0.39, 0.29) is 5.91 Å². The number of carbonyl (C=O) groups is 1. The number of benzene rings is 1. The topological polar surface area (TPSA) is 66.6 Å². The Bertz CT molecular complexity index is 1140. The molecule has 0 radical (unpaired) electrons. The van der Waals surface area contributed by atoms with E-state index in [1.807, 2.05) is 52.7 Å². The molecule has 0 saturated carbocycles. The predicted octanol–water partition coefficient (Wildman–Crippen LogP) is 3.29. The molecule has 0 spiro atoms. The summed E-state index contributed by atoms with van der Waals surface area (Å²) in [6.45, 7) is 3.16. The quantitative estimate of drug-likeness (QED) is 0.447. The molecule has 0 unspecified atom stereocenters. The average molecular weight is 437 g/mol. The highest BCUT2D eigenvalue weighted by Gasteiger charge is 2.22. The number of anilines is 1. The highest BCUT2D eigenvalue weighted by molar-refractivity contribution is 7.99. The van der Waals surface area contributed by atoms with Gasteiger partial charge in [0.15, 0.2) is 5.65 Å². The van der Waals surface area contributed by atoms with Gasteiger partial charge in [0.2, 0.25) is 11.1 Å². The molecule has 1 amide bonds. The highest BCUT2D eigenvalue weighted by Crippen LogP contribution is 2.24. The molecule has 4 heterocycles. The number of rotatable bonds is 5. The maximum Gasteiger partial charge on any atom is 0.233 e. The Balaban J connectivity index is 1.22. The van der Waals surface area contributed by atoms with Crippen molar-refractivity contribution in [3.05, 3.63) is 60.0 Å². The molecule has 4 aromatic rings. The van der Waals surface area contributed by atoms with Gasteiger partial charge in [-0.1, -0.05) is 36.0 Å². The van der Waals surface area contributed by atoms with Crippen LogP contribution in [-0.2, 0) is 4.79 Å². The lowest BCUT2D eigenvalue weighted by atomic mass is 10.2. The van der Waals surface area contributed by atoms with Crippen molar-refractivity contribution >= 4 is 40.3 Å². The van der Waals surface area contributed by atoms with E-state index in [2.05, 4.69) is 32.3 Å². The van der Waals surface area contributed by atoms with Crippen LogP contribution in [-0.4, -0.2) is 62.6 Å². The van der Waals surface area contributed by atoms with E-state index in [0.717, 1.165) is 36.8 Å². The van der Waals surface area contributed by atoms with Gasteiger partial charge < -0.3 is 9.80 Å².